The van der Waals surface area contributed by atoms with E-state index in [9.17, 15) is 17.6 Å². The Morgan fingerprint density at radius 1 is 1.03 bits per heavy atom. The molecular weight excluding hydrogens is 431 g/mol. The van der Waals surface area contributed by atoms with E-state index in [0.717, 1.165) is 18.4 Å². The predicted octanol–water partition coefficient (Wildman–Crippen LogP) is 3.09. The third kappa shape index (κ3) is 4.87. The summed E-state index contributed by atoms with van der Waals surface area (Å²) in [5, 5.41) is 3.11. The number of hydrogen-bond donors (Lipinski definition) is 1. The average molecular weight is 461 g/mol. The molecule has 1 N–H and O–H groups in total. The highest BCUT2D eigenvalue weighted by molar-refractivity contribution is 7.89. The van der Waals surface area contributed by atoms with Gasteiger partial charge in [-0.3, -0.25) is 4.79 Å². The Morgan fingerprint density at radius 2 is 1.66 bits per heavy atom. The molecule has 2 aromatic rings. The van der Waals surface area contributed by atoms with Gasteiger partial charge in [0.05, 0.1) is 4.90 Å². The van der Waals surface area contributed by atoms with Crippen LogP contribution < -0.4 is 5.32 Å². The lowest BCUT2D eigenvalue weighted by molar-refractivity contribution is -0.126. The molecule has 2 aliphatic rings. The van der Waals surface area contributed by atoms with E-state index < -0.39 is 10.0 Å². The molecule has 0 saturated carbocycles. The standard InChI is InChI=1S/C24H29FN2O4S/c25-21-8-6-20(7-9-21)24(12-16-31-17-13-24)18-26-23(28)19-10-14-27(15-11-19)32(29,30)22-4-2-1-3-5-22/h1-9,19H,10-18H2,(H,26,28). The van der Waals surface area contributed by atoms with Crippen LogP contribution in [0.4, 0.5) is 4.39 Å². The number of halogens is 1. The normalized spacial score (nSPS) is 20.0. The molecule has 2 heterocycles. The molecule has 0 bridgehead atoms. The second kappa shape index (κ2) is 9.68. The van der Waals surface area contributed by atoms with Gasteiger partial charge in [-0.05, 0) is 55.5 Å². The van der Waals surface area contributed by atoms with E-state index in [1.807, 2.05) is 0 Å². The first kappa shape index (κ1) is 22.9. The van der Waals surface area contributed by atoms with Crippen molar-refractivity contribution in [3.05, 3.63) is 66.0 Å². The van der Waals surface area contributed by atoms with Gasteiger partial charge in [-0.15, -0.1) is 0 Å². The van der Waals surface area contributed by atoms with E-state index in [2.05, 4.69) is 5.32 Å². The molecule has 172 valence electrons. The number of ether oxygens (including phenoxy) is 1. The van der Waals surface area contributed by atoms with Crippen molar-refractivity contribution in [2.75, 3.05) is 32.8 Å². The quantitative estimate of drug-likeness (QED) is 0.719. The third-order valence-electron chi connectivity index (χ3n) is 6.71. The zero-order valence-electron chi connectivity index (χ0n) is 18.0. The van der Waals surface area contributed by atoms with Gasteiger partial charge in [0.2, 0.25) is 15.9 Å². The molecule has 0 radical (unpaired) electrons. The summed E-state index contributed by atoms with van der Waals surface area (Å²) >= 11 is 0. The molecule has 1 amide bonds. The first-order valence-electron chi connectivity index (χ1n) is 11.1. The summed E-state index contributed by atoms with van der Waals surface area (Å²) in [6.07, 6.45) is 2.49. The zero-order chi connectivity index (χ0) is 22.6. The van der Waals surface area contributed by atoms with Crippen molar-refractivity contribution in [2.45, 2.75) is 36.0 Å². The highest BCUT2D eigenvalue weighted by Gasteiger charge is 2.37. The molecule has 0 aliphatic carbocycles. The number of rotatable bonds is 6. The van der Waals surface area contributed by atoms with Crippen molar-refractivity contribution >= 4 is 15.9 Å². The molecule has 0 aromatic heterocycles. The second-order valence-electron chi connectivity index (χ2n) is 8.61. The SMILES string of the molecule is O=C(NCC1(c2ccc(F)cc2)CCOCC1)C1CCN(S(=O)(=O)c2ccccc2)CC1. The lowest BCUT2D eigenvalue weighted by atomic mass is 9.74. The summed E-state index contributed by atoms with van der Waals surface area (Å²) in [4.78, 5) is 13.2. The molecule has 2 aromatic carbocycles. The van der Waals surface area contributed by atoms with Crippen LogP contribution in [0.15, 0.2) is 59.5 Å². The van der Waals surface area contributed by atoms with Crippen molar-refractivity contribution in [2.24, 2.45) is 5.92 Å². The Kier molecular flexibility index (Phi) is 6.93. The highest BCUT2D eigenvalue weighted by Crippen LogP contribution is 2.34. The largest absolute Gasteiger partial charge is 0.381 e. The van der Waals surface area contributed by atoms with Gasteiger partial charge in [0.15, 0.2) is 0 Å². The van der Waals surface area contributed by atoms with Gasteiger partial charge in [-0.25, -0.2) is 12.8 Å². The van der Waals surface area contributed by atoms with Gasteiger partial charge in [0, 0.05) is 44.2 Å². The van der Waals surface area contributed by atoms with Crippen LogP contribution in [0.2, 0.25) is 0 Å². The molecule has 2 saturated heterocycles. The maximum absolute atomic E-state index is 13.4. The van der Waals surface area contributed by atoms with Crippen molar-refractivity contribution in [3.63, 3.8) is 0 Å². The molecule has 0 unspecified atom stereocenters. The number of hydrogen-bond acceptors (Lipinski definition) is 4. The summed E-state index contributed by atoms with van der Waals surface area (Å²) in [5.41, 5.74) is 0.727. The average Bonchev–Trinajstić information content (AvgIpc) is 2.84. The van der Waals surface area contributed by atoms with Crippen molar-refractivity contribution < 1.29 is 22.3 Å². The fourth-order valence-electron chi connectivity index (χ4n) is 4.63. The smallest absolute Gasteiger partial charge is 0.243 e. The van der Waals surface area contributed by atoms with Crippen LogP contribution in [0.5, 0.6) is 0 Å². The number of carbonyl (C=O) groups excluding carboxylic acids is 1. The molecule has 2 aliphatic heterocycles. The zero-order valence-corrected chi connectivity index (χ0v) is 18.8. The van der Waals surface area contributed by atoms with Crippen LogP contribution in [0.1, 0.15) is 31.2 Å². The minimum absolute atomic E-state index is 0.0465. The highest BCUT2D eigenvalue weighted by atomic mass is 32.2. The molecule has 32 heavy (non-hydrogen) atoms. The summed E-state index contributed by atoms with van der Waals surface area (Å²) in [6.45, 7) is 2.31. The van der Waals surface area contributed by atoms with E-state index >= 15 is 0 Å². The first-order valence-corrected chi connectivity index (χ1v) is 12.5. The number of amides is 1. The number of piperidine rings is 1. The topological polar surface area (TPSA) is 75.7 Å². The van der Waals surface area contributed by atoms with Gasteiger partial charge < -0.3 is 10.1 Å². The van der Waals surface area contributed by atoms with Crippen molar-refractivity contribution in [1.82, 2.24) is 9.62 Å². The van der Waals surface area contributed by atoms with Gasteiger partial charge in [0.25, 0.3) is 0 Å². The third-order valence-corrected chi connectivity index (χ3v) is 8.63. The molecule has 4 rings (SSSR count). The molecule has 6 nitrogen and oxygen atoms in total. The van der Waals surface area contributed by atoms with Gasteiger partial charge in [-0.1, -0.05) is 30.3 Å². The van der Waals surface area contributed by atoms with E-state index in [1.165, 1.54) is 16.4 Å². The summed E-state index contributed by atoms with van der Waals surface area (Å²) < 4.78 is 46.0. The van der Waals surface area contributed by atoms with Crippen LogP contribution >= 0.6 is 0 Å². The lowest BCUT2D eigenvalue weighted by Crippen LogP contribution is -2.48. The van der Waals surface area contributed by atoms with Crippen molar-refractivity contribution in [3.8, 4) is 0 Å². The van der Waals surface area contributed by atoms with Crippen LogP contribution in [0.25, 0.3) is 0 Å². The molecule has 8 heteroatoms. The van der Waals surface area contributed by atoms with Gasteiger partial charge in [-0.2, -0.15) is 4.31 Å². The van der Waals surface area contributed by atoms with Crippen LogP contribution in [0.3, 0.4) is 0 Å². The maximum Gasteiger partial charge on any atom is 0.243 e. The van der Waals surface area contributed by atoms with E-state index in [1.54, 1.807) is 42.5 Å². The fraction of sp³-hybridized carbons (Fsp3) is 0.458. The Hall–Kier alpha value is -2.29. The van der Waals surface area contributed by atoms with Crippen LogP contribution in [-0.2, 0) is 25.0 Å². The summed E-state index contributed by atoms with van der Waals surface area (Å²) in [5.74, 6) is -0.547. The number of carbonyl (C=O) groups is 1. The predicted molar refractivity (Wildman–Crippen MR) is 119 cm³/mol. The fourth-order valence-corrected chi connectivity index (χ4v) is 6.12. The van der Waals surface area contributed by atoms with Gasteiger partial charge >= 0.3 is 0 Å². The maximum atomic E-state index is 13.4. The minimum Gasteiger partial charge on any atom is -0.381 e. The number of sulfonamides is 1. The van der Waals surface area contributed by atoms with Crippen molar-refractivity contribution in [1.29, 1.82) is 0 Å². The van der Waals surface area contributed by atoms with Crippen LogP contribution in [-0.4, -0.2) is 51.5 Å². The summed E-state index contributed by atoms with van der Waals surface area (Å²) in [7, 11) is -3.53. The van der Waals surface area contributed by atoms with E-state index in [-0.39, 0.29) is 28.0 Å². The number of nitrogens with zero attached hydrogens (tertiary/aromatic N) is 1. The lowest BCUT2D eigenvalue weighted by Gasteiger charge is -2.38. The molecule has 0 atom stereocenters. The monoisotopic (exact) mass is 460 g/mol. The molecular formula is C24H29FN2O4S. The Labute approximate surface area is 188 Å². The number of benzene rings is 2. The second-order valence-corrected chi connectivity index (χ2v) is 10.5. The Morgan fingerprint density at radius 3 is 2.28 bits per heavy atom. The van der Waals surface area contributed by atoms with Gasteiger partial charge in [0.1, 0.15) is 5.82 Å². The number of nitrogens with one attached hydrogen (secondary N) is 1. The Balaban J connectivity index is 1.37. The van der Waals surface area contributed by atoms with E-state index in [4.69, 9.17) is 4.74 Å². The van der Waals surface area contributed by atoms with E-state index in [0.29, 0.717) is 45.7 Å². The molecule has 0 spiro atoms. The Bertz CT molecular complexity index is 1010. The minimum atomic E-state index is -3.53. The first-order chi connectivity index (χ1) is 15.4. The molecule has 2 fully saturated rings. The van der Waals surface area contributed by atoms with Crippen LogP contribution in [0, 0.1) is 11.7 Å². The summed E-state index contributed by atoms with van der Waals surface area (Å²) in [6, 6.07) is 14.9.